The summed E-state index contributed by atoms with van der Waals surface area (Å²) in [6.07, 6.45) is -8.13. The Morgan fingerprint density at radius 3 is 1.25 bits per heavy atom. The van der Waals surface area contributed by atoms with Crippen molar-refractivity contribution in [3.63, 3.8) is 0 Å². The second kappa shape index (κ2) is 24.8. The van der Waals surface area contributed by atoms with Crippen LogP contribution in [-0.4, -0.2) is 61.0 Å². The summed E-state index contributed by atoms with van der Waals surface area (Å²) in [7, 11) is 1.31. The van der Waals surface area contributed by atoms with E-state index in [4.69, 9.17) is 9.84 Å². The molecule has 2 amide bonds. The van der Waals surface area contributed by atoms with Crippen LogP contribution in [0.3, 0.4) is 0 Å². The van der Waals surface area contributed by atoms with Crippen molar-refractivity contribution >= 4 is 45.6 Å². The standard InChI is InChI=1S/C28H26F3N3O3.C27H24F3N3O3.Na.H2O/c1-4-34-25(26(35)32-17(2)19-10-12-20(13-11-19)27(36)37-3)24-21(6-5-7-23(24)33-34)16-18-8-14-22(15-9-18)28(29,30)31;1-3-33-24(25(34)31-16(2)18-9-11-19(12-10-18)26(35)36)23-20(5-4-6-22(23)32-33)15-17-7-13-21(14-8-17)27(28,29)30;;/h5-15,17H,4,16H2,1-3H3,(H,32,35);4-14,16H,3,15H2,1-2H3,(H,31,34)(H,35,36);;1H2/q;;+1;/p-1/t17-;16-;;/m00../s1. The Balaban J connectivity index is 0.000000270. The van der Waals surface area contributed by atoms with Gasteiger partial charge in [-0.2, -0.15) is 36.5 Å². The summed E-state index contributed by atoms with van der Waals surface area (Å²) in [5, 5.41) is 25.5. The van der Waals surface area contributed by atoms with Gasteiger partial charge in [-0.05, 0) is 135 Å². The number of nitrogens with one attached hydrogen (secondary N) is 2. The molecule has 0 radical (unpaired) electrons. The van der Waals surface area contributed by atoms with E-state index in [1.807, 2.05) is 51.1 Å². The van der Waals surface area contributed by atoms with E-state index in [1.54, 1.807) is 58.8 Å². The van der Waals surface area contributed by atoms with Crippen molar-refractivity contribution in [2.75, 3.05) is 7.11 Å². The normalized spacial score (nSPS) is 12.1. The number of aromatic carboxylic acids is 1. The minimum Gasteiger partial charge on any atom is -0.870 e. The van der Waals surface area contributed by atoms with E-state index in [0.29, 0.717) is 75.8 Å². The third-order valence-corrected chi connectivity index (χ3v) is 12.3. The smallest absolute Gasteiger partial charge is 0.870 e. The minimum absolute atomic E-state index is 0. The van der Waals surface area contributed by atoms with Crippen LogP contribution in [0.2, 0.25) is 0 Å². The largest absolute Gasteiger partial charge is 1.00 e. The number of hydrogen-bond donors (Lipinski definition) is 3. The van der Waals surface area contributed by atoms with Gasteiger partial charge in [0.05, 0.1) is 52.5 Å². The van der Waals surface area contributed by atoms with E-state index in [0.717, 1.165) is 46.5 Å². The number of carbonyl (C=O) groups excluding carboxylic acids is 3. The van der Waals surface area contributed by atoms with Crippen LogP contribution < -0.4 is 40.2 Å². The molecule has 75 heavy (non-hydrogen) atoms. The van der Waals surface area contributed by atoms with Crippen molar-refractivity contribution in [2.24, 2.45) is 0 Å². The number of ether oxygens (including phenoxy) is 1. The summed E-state index contributed by atoms with van der Waals surface area (Å²) in [6, 6.07) is 33.2. The first-order valence-corrected chi connectivity index (χ1v) is 23.1. The Labute approximate surface area is 449 Å². The molecule has 2 heterocycles. The van der Waals surface area contributed by atoms with Crippen LogP contribution in [-0.2, 0) is 43.0 Å². The van der Waals surface area contributed by atoms with Crippen LogP contribution in [0.25, 0.3) is 21.8 Å². The number of amides is 2. The van der Waals surface area contributed by atoms with Crippen LogP contribution in [0.15, 0.2) is 133 Å². The first-order chi connectivity index (χ1) is 34.7. The molecule has 20 heteroatoms. The quantitative estimate of drug-likeness (QED) is 0.0545. The average molecular weight is 1050 g/mol. The van der Waals surface area contributed by atoms with Gasteiger partial charge in [-0.15, -0.1) is 0 Å². The Kier molecular flexibility index (Phi) is 19.4. The van der Waals surface area contributed by atoms with Gasteiger partial charge >= 0.3 is 53.8 Å². The zero-order valence-electron chi connectivity index (χ0n) is 41.7. The van der Waals surface area contributed by atoms with E-state index >= 15 is 0 Å². The van der Waals surface area contributed by atoms with Crippen molar-refractivity contribution in [1.82, 2.24) is 30.2 Å². The van der Waals surface area contributed by atoms with Gasteiger partial charge in [0, 0.05) is 23.9 Å². The number of aryl methyl sites for hydroxylation is 2. The number of nitrogens with zero attached hydrogens (tertiary/aromatic N) is 4. The van der Waals surface area contributed by atoms with E-state index in [1.165, 1.54) is 43.5 Å². The predicted octanol–water partition coefficient (Wildman–Crippen LogP) is 8.63. The summed E-state index contributed by atoms with van der Waals surface area (Å²) >= 11 is 0. The van der Waals surface area contributed by atoms with Crippen LogP contribution in [0.1, 0.15) is 126 Å². The Bertz CT molecular complexity index is 3290. The Hall–Kier alpha value is -7.32. The molecule has 386 valence electrons. The molecule has 8 rings (SSSR count). The molecule has 0 unspecified atom stereocenters. The SMILES string of the molecule is CCn1nc2cccc(Cc3ccc(C(F)(F)F)cc3)c2c1C(=O)N[C@@H](C)c1ccc(C(=O)O)cc1.CCn1nc2cccc(Cc3ccc(C(F)(F)F)cc3)c2c1C(=O)N[C@@H](C)c1ccc(C(=O)OC)cc1.[Na+].[OH-]. The molecular weight excluding hydrogens is 994 g/mol. The van der Waals surface area contributed by atoms with Crippen LogP contribution in [0, 0.1) is 0 Å². The fraction of sp³-hybridized carbons (Fsp3) is 0.236. The number of halogens is 6. The number of carbonyl (C=O) groups is 4. The summed E-state index contributed by atoms with van der Waals surface area (Å²) < 4.78 is 85.7. The number of aromatic nitrogens is 4. The van der Waals surface area contributed by atoms with Gasteiger partial charge in [0.1, 0.15) is 11.4 Å². The van der Waals surface area contributed by atoms with Crippen molar-refractivity contribution in [2.45, 2.75) is 78.1 Å². The molecular formula is C55H51F6N6NaO7. The van der Waals surface area contributed by atoms with E-state index in [9.17, 15) is 45.5 Å². The predicted molar refractivity (Wildman–Crippen MR) is 264 cm³/mol. The summed E-state index contributed by atoms with van der Waals surface area (Å²) in [6.45, 7) is 8.28. The van der Waals surface area contributed by atoms with Crippen LogP contribution in [0.4, 0.5) is 26.3 Å². The molecule has 0 fully saturated rings. The van der Waals surface area contributed by atoms with E-state index in [-0.39, 0.29) is 58.5 Å². The molecule has 6 aromatic carbocycles. The maximum Gasteiger partial charge on any atom is 1.00 e. The number of carboxylic acid groups (broad SMARTS) is 1. The Morgan fingerprint density at radius 2 is 0.933 bits per heavy atom. The van der Waals surface area contributed by atoms with Gasteiger partial charge < -0.3 is 26.0 Å². The number of benzene rings is 6. The fourth-order valence-electron chi connectivity index (χ4n) is 8.42. The molecule has 0 aliphatic rings. The van der Waals surface area contributed by atoms with Gasteiger partial charge in [-0.1, -0.05) is 72.8 Å². The van der Waals surface area contributed by atoms with E-state index < -0.39 is 41.5 Å². The zero-order chi connectivity index (χ0) is 52.8. The summed E-state index contributed by atoms with van der Waals surface area (Å²) in [5.41, 5.74) is 5.62. The van der Waals surface area contributed by atoms with Gasteiger partial charge in [0.2, 0.25) is 0 Å². The number of rotatable bonds is 14. The Morgan fingerprint density at radius 1 is 0.573 bits per heavy atom. The molecule has 2 aromatic heterocycles. The second-order valence-corrected chi connectivity index (χ2v) is 17.1. The average Bonchev–Trinajstić information content (AvgIpc) is 3.96. The van der Waals surface area contributed by atoms with Crippen LogP contribution in [0.5, 0.6) is 0 Å². The number of hydrogen-bond acceptors (Lipinski definition) is 8. The maximum absolute atomic E-state index is 13.5. The molecule has 0 aliphatic carbocycles. The second-order valence-electron chi connectivity index (χ2n) is 17.1. The molecule has 0 bridgehead atoms. The van der Waals surface area contributed by atoms with Gasteiger partial charge in [0.15, 0.2) is 0 Å². The molecule has 0 aliphatic heterocycles. The summed E-state index contributed by atoms with van der Waals surface area (Å²) in [4.78, 5) is 49.7. The third kappa shape index (κ3) is 13.7. The van der Waals surface area contributed by atoms with Crippen LogP contribution >= 0.6 is 0 Å². The number of esters is 1. The molecule has 13 nitrogen and oxygen atoms in total. The molecule has 0 saturated heterocycles. The zero-order valence-corrected chi connectivity index (χ0v) is 43.7. The number of fused-ring (bicyclic) bond motifs is 2. The topological polar surface area (TPSA) is 187 Å². The number of methoxy groups -OCH3 is 1. The van der Waals surface area contributed by atoms with Gasteiger partial charge in [0.25, 0.3) is 11.8 Å². The maximum atomic E-state index is 13.5. The van der Waals surface area contributed by atoms with Gasteiger partial charge in [-0.3, -0.25) is 19.0 Å². The van der Waals surface area contributed by atoms with E-state index in [2.05, 4.69) is 20.8 Å². The van der Waals surface area contributed by atoms with Crippen molar-refractivity contribution < 1.29 is 90.4 Å². The minimum atomic E-state index is -4.41. The fourth-order valence-corrected chi connectivity index (χ4v) is 8.42. The van der Waals surface area contributed by atoms with Gasteiger partial charge in [-0.25, -0.2) is 9.59 Å². The van der Waals surface area contributed by atoms with Crippen molar-refractivity contribution in [3.8, 4) is 0 Å². The number of alkyl halides is 6. The summed E-state index contributed by atoms with van der Waals surface area (Å²) in [5.74, 6) is -2.15. The van der Waals surface area contributed by atoms with Crippen molar-refractivity contribution in [3.05, 3.63) is 200 Å². The molecule has 0 spiro atoms. The molecule has 2 atom stereocenters. The van der Waals surface area contributed by atoms with Crippen molar-refractivity contribution in [1.29, 1.82) is 0 Å². The number of carboxylic acids is 1. The first-order valence-electron chi connectivity index (χ1n) is 23.1. The monoisotopic (exact) mass is 1040 g/mol. The molecule has 8 aromatic rings. The molecule has 0 saturated carbocycles. The first kappa shape index (κ1) is 58.6. The molecule has 4 N–H and O–H groups in total. The third-order valence-electron chi connectivity index (χ3n) is 12.3.